The van der Waals surface area contributed by atoms with E-state index in [0.717, 1.165) is 0 Å². The zero-order valence-corrected chi connectivity index (χ0v) is 5.26. The maximum atomic E-state index is 10.9. The predicted octanol–water partition coefficient (Wildman–Crippen LogP) is 0.718. The largest absolute Gasteiger partial charge is 0.288 e. The van der Waals surface area contributed by atoms with E-state index in [9.17, 15) is 9.59 Å². The lowest BCUT2D eigenvalue weighted by Gasteiger charge is -2.00. The Kier molecular flexibility index (Phi) is 1.63. The molecule has 0 unspecified atom stereocenters. The molecule has 0 atom stereocenters. The van der Waals surface area contributed by atoms with Gasteiger partial charge in [-0.2, -0.15) is 0 Å². The maximum Gasteiger partial charge on any atom is 0.237 e. The number of rotatable bonds is 1. The molecule has 2 heteroatoms. The van der Waals surface area contributed by atoms with Gasteiger partial charge in [-0.1, -0.05) is 18.7 Å². The summed E-state index contributed by atoms with van der Waals surface area (Å²) in [5.41, 5.74) is 0.383. The molecule has 1 aliphatic carbocycles. The highest BCUT2D eigenvalue weighted by Gasteiger charge is 2.12. The average molecular weight is 133 g/mol. The van der Waals surface area contributed by atoms with Crippen molar-refractivity contribution >= 4 is 12.1 Å². The molecule has 0 saturated carbocycles. The van der Waals surface area contributed by atoms with E-state index in [-0.39, 0.29) is 11.4 Å². The number of allylic oxidation sites excluding steroid dienone is 5. The fourth-order valence-electron chi connectivity index (χ4n) is 0.665. The van der Waals surface area contributed by atoms with Crippen molar-refractivity contribution < 1.29 is 9.59 Å². The normalized spacial score (nSPS) is 17.0. The number of carbonyl (C=O) groups excluding carboxylic acids is 2. The average Bonchev–Trinajstić information content (AvgIpc) is 1.95. The molecule has 0 heterocycles. The summed E-state index contributed by atoms with van der Waals surface area (Å²) in [4.78, 5) is 20.9. The number of ketones is 1. The van der Waals surface area contributed by atoms with Crippen molar-refractivity contribution in [3.8, 4) is 0 Å². The highest BCUT2D eigenvalue weighted by molar-refractivity contribution is 6.22. The molecule has 1 rings (SSSR count). The lowest BCUT2D eigenvalue weighted by Crippen LogP contribution is -2.07. The maximum absolute atomic E-state index is 10.9. The SMILES string of the molecule is C=C1C=CC=C([C]=O)C1=O. The molecule has 0 amide bonds. The number of hydrogen-bond acceptors (Lipinski definition) is 2. The Morgan fingerprint density at radius 3 is 2.70 bits per heavy atom. The first-order chi connectivity index (χ1) is 4.75. The van der Waals surface area contributed by atoms with Gasteiger partial charge in [0.05, 0.1) is 5.57 Å². The molecule has 0 aromatic rings. The van der Waals surface area contributed by atoms with Crippen molar-refractivity contribution in [3.63, 3.8) is 0 Å². The molecule has 49 valence electrons. The van der Waals surface area contributed by atoms with Crippen LogP contribution >= 0.6 is 0 Å². The lowest BCUT2D eigenvalue weighted by molar-refractivity contribution is -0.111. The first-order valence-electron chi connectivity index (χ1n) is 2.76. The van der Waals surface area contributed by atoms with Crippen LogP contribution in [-0.2, 0) is 9.59 Å². The predicted molar refractivity (Wildman–Crippen MR) is 37.1 cm³/mol. The molecule has 1 aliphatic rings. The summed E-state index contributed by atoms with van der Waals surface area (Å²) >= 11 is 0. The van der Waals surface area contributed by atoms with E-state index in [2.05, 4.69) is 6.58 Å². The van der Waals surface area contributed by atoms with Crippen LogP contribution < -0.4 is 0 Å². The Balaban J connectivity index is 3.03. The Bertz CT molecular complexity index is 256. The fourth-order valence-corrected chi connectivity index (χ4v) is 0.665. The molecule has 2 nitrogen and oxygen atoms in total. The van der Waals surface area contributed by atoms with Crippen LogP contribution in [0.1, 0.15) is 0 Å². The van der Waals surface area contributed by atoms with Gasteiger partial charge in [0.15, 0.2) is 5.78 Å². The molecule has 1 radical (unpaired) electrons. The van der Waals surface area contributed by atoms with Crippen LogP contribution in [0, 0.1) is 0 Å². The monoisotopic (exact) mass is 133 g/mol. The third kappa shape index (κ3) is 0.957. The third-order valence-corrected chi connectivity index (χ3v) is 1.21. The fraction of sp³-hybridized carbons (Fsp3) is 0. The molecule has 0 aromatic heterocycles. The minimum Gasteiger partial charge on any atom is -0.288 e. The quantitative estimate of drug-likeness (QED) is 0.390. The van der Waals surface area contributed by atoms with Crippen molar-refractivity contribution in [1.82, 2.24) is 0 Å². The van der Waals surface area contributed by atoms with E-state index in [1.54, 1.807) is 12.2 Å². The highest BCUT2D eigenvalue weighted by Crippen LogP contribution is 2.09. The molecule has 0 saturated heterocycles. The Morgan fingerprint density at radius 1 is 1.50 bits per heavy atom. The summed E-state index contributed by atoms with van der Waals surface area (Å²) < 4.78 is 0. The summed E-state index contributed by atoms with van der Waals surface area (Å²) in [6.45, 7) is 3.44. The topological polar surface area (TPSA) is 34.1 Å². The van der Waals surface area contributed by atoms with Gasteiger partial charge in [-0.15, -0.1) is 0 Å². The van der Waals surface area contributed by atoms with Crippen LogP contribution in [0.4, 0.5) is 0 Å². The summed E-state index contributed by atoms with van der Waals surface area (Å²) in [6.07, 6.45) is 6.11. The van der Waals surface area contributed by atoms with Crippen LogP contribution in [0.3, 0.4) is 0 Å². The molecule has 10 heavy (non-hydrogen) atoms. The summed E-state index contributed by atoms with van der Waals surface area (Å²) in [6, 6.07) is 0. The summed E-state index contributed by atoms with van der Waals surface area (Å²) in [7, 11) is 0. The molecule has 0 spiro atoms. The van der Waals surface area contributed by atoms with E-state index >= 15 is 0 Å². The van der Waals surface area contributed by atoms with Crippen molar-refractivity contribution in [2.75, 3.05) is 0 Å². The zero-order valence-electron chi connectivity index (χ0n) is 5.26. The standard InChI is InChI=1S/C8H5O2/c1-6-3-2-4-7(5-9)8(6)10/h2-4H,1H2. The number of hydrogen-bond donors (Lipinski definition) is 0. The van der Waals surface area contributed by atoms with Crippen LogP contribution in [0.2, 0.25) is 0 Å². The van der Waals surface area contributed by atoms with Crippen LogP contribution in [0.15, 0.2) is 36.0 Å². The minimum absolute atomic E-state index is 0.0486. The first kappa shape index (κ1) is 6.68. The van der Waals surface area contributed by atoms with E-state index in [1.165, 1.54) is 12.4 Å². The first-order valence-corrected chi connectivity index (χ1v) is 2.76. The van der Waals surface area contributed by atoms with Crippen LogP contribution in [0.25, 0.3) is 0 Å². The van der Waals surface area contributed by atoms with Crippen molar-refractivity contribution in [1.29, 1.82) is 0 Å². The van der Waals surface area contributed by atoms with E-state index < -0.39 is 0 Å². The molecule has 0 aromatic carbocycles. The molecule has 0 bridgehead atoms. The van der Waals surface area contributed by atoms with E-state index in [0.29, 0.717) is 5.57 Å². The van der Waals surface area contributed by atoms with Crippen molar-refractivity contribution in [2.45, 2.75) is 0 Å². The summed E-state index contributed by atoms with van der Waals surface area (Å²) in [5.74, 6) is -0.336. The van der Waals surface area contributed by atoms with Gasteiger partial charge in [0.2, 0.25) is 6.29 Å². The second-order valence-electron chi connectivity index (χ2n) is 1.90. The Labute approximate surface area is 58.5 Å². The number of Topliss-reactive ketones (excluding diaryl/α,β-unsaturated/α-hetero) is 1. The second-order valence-corrected chi connectivity index (χ2v) is 1.90. The van der Waals surface area contributed by atoms with Gasteiger partial charge < -0.3 is 0 Å². The van der Waals surface area contributed by atoms with Crippen molar-refractivity contribution in [3.05, 3.63) is 36.0 Å². The zero-order chi connectivity index (χ0) is 7.56. The Hall–Kier alpha value is -1.44. The van der Waals surface area contributed by atoms with Gasteiger partial charge in [0.1, 0.15) is 0 Å². The molecular formula is C8H5O2. The molecule has 0 N–H and O–H groups in total. The van der Waals surface area contributed by atoms with Gasteiger partial charge in [0.25, 0.3) is 0 Å². The Morgan fingerprint density at radius 2 is 2.20 bits per heavy atom. The highest BCUT2D eigenvalue weighted by atomic mass is 16.1. The molecular weight excluding hydrogens is 128 g/mol. The smallest absolute Gasteiger partial charge is 0.237 e. The van der Waals surface area contributed by atoms with Crippen molar-refractivity contribution in [2.24, 2.45) is 0 Å². The number of carbonyl (C=O) groups is 1. The summed E-state index contributed by atoms with van der Waals surface area (Å²) in [5, 5.41) is 0. The molecule has 0 fully saturated rings. The van der Waals surface area contributed by atoms with Gasteiger partial charge >= 0.3 is 0 Å². The van der Waals surface area contributed by atoms with Crippen LogP contribution in [-0.4, -0.2) is 12.1 Å². The third-order valence-electron chi connectivity index (χ3n) is 1.21. The van der Waals surface area contributed by atoms with Gasteiger partial charge in [-0.3, -0.25) is 9.59 Å². The molecule has 0 aliphatic heterocycles. The van der Waals surface area contributed by atoms with Crippen LogP contribution in [0.5, 0.6) is 0 Å². The minimum atomic E-state index is -0.336. The lowest BCUT2D eigenvalue weighted by atomic mass is 10.0. The van der Waals surface area contributed by atoms with Gasteiger partial charge in [-0.25, -0.2) is 0 Å². The van der Waals surface area contributed by atoms with Gasteiger partial charge in [-0.05, 0) is 6.08 Å². The van der Waals surface area contributed by atoms with E-state index in [4.69, 9.17) is 0 Å². The van der Waals surface area contributed by atoms with E-state index in [1.807, 2.05) is 0 Å². The second kappa shape index (κ2) is 2.43. The van der Waals surface area contributed by atoms with Gasteiger partial charge in [0, 0.05) is 5.57 Å².